The van der Waals surface area contributed by atoms with Crippen molar-refractivity contribution < 1.29 is 9.59 Å². The number of aromatic nitrogens is 1. The van der Waals surface area contributed by atoms with Crippen LogP contribution in [-0.4, -0.2) is 23.3 Å². The van der Waals surface area contributed by atoms with Gasteiger partial charge in [0.05, 0.1) is 17.4 Å². The molecule has 2 heterocycles. The molecular formula is C23H22N4O2. The Morgan fingerprint density at radius 3 is 2.48 bits per heavy atom. The number of benzene rings is 2. The molecule has 3 aromatic rings. The first-order valence-electron chi connectivity index (χ1n) is 9.54. The predicted octanol–water partition coefficient (Wildman–Crippen LogP) is 3.86. The average Bonchev–Trinajstić information content (AvgIpc) is 2.73. The van der Waals surface area contributed by atoms with Crippen LogP contribution in [0.15, 0.2) is 67.0 Å². The lowest BCUT2D eigenvalue weighted by Gasteiger charge is -2.30. The molecule has 0 atom stereocenters. The van der Waals surface area contributed by atoms with E-state index >= 15 is 0 Å². The van der Waals surface area contributed by atoms with Gasteiger partial charge in [-0.05, 0) is 41.8 Å². The maximum atomic E-state index is 12.7. The fraction of sp³-hybridized carbons (Fsp3) is 0.174. The summed E-state index contributed by atoms with van der Waals surface area (Å²) in [5.74, 6) is -0.398. The normalized spacial score (nSPS) is 12.8. The van der Waals surface area contributed by atoms with Gasteiger partial charge in [-0.1, -0.05) is 30.3 Å². The Bertz CT molecular complexity index is 1060. The molecule has 1 aliphatic heterocycles. The molecule has 0 aliphatic carbocycles. The van der Waals surface area contributed by atoms with Crippen LogP contribution in [0.2, 0.25) is 0 Å². The smallest absolute Gasteiger partial charge is 0.257 e. The van der Waals surface area contributed by atoms with E-state index in [4.69, 9.17) is 0 Å². The van der Waals surface area contributed by atoms with Crippen LogP contribution in [-0.2, 0) is 17.8 Å². The van der Waals surface area contributed by atoms with E-state index in [0.717, 1.165) is 25.2 Å². The molecule has 146 valence electrons. The monoisotopic (exact) mass is 386 g/mol. The zero-order valence-corrected chi connectivity index (χ0v) is 16.2. The molecule has 6 nitrogen and oxygen atoms in total. The van der Waals surface area contributed by atoms with Gasteiger partial charge in [-0.15, -0.1) is 0 Å². The van der Waals surface area contributed by atoms with Gasteiger partial charge in [-0.3, -0.25) is 14.6 Å². The van der Waals surface area contributed by atoms with Crippen molar-refractivity contribution in [3.05, 3.63) is 83.7 Å². The molecule has 0 saturated carbocycles. The second kappa shape index (κ2) is 8.14. The van der Waals surface area contributed by atoms with E-state index in [1.807, 2.05) is 6.07 Å². The highest BCUT2D eigenvalue weighted by molar-refractivity contribution is 6.05. The summed E-state index contributed by atoms with van der Waals surface area (Å²) in [4.78, 5) is 30.5. The number of amides is 2. The van der Waals surface area contributed by atoms with Crippen molar-refractivity contribution in [1.29, 1.82) is 0 Å². The summed E-state index contributed by atoms with van der Waals surface area (Å²) in [6.07, 6.45) is 4.33. The molecule has 2 N–H and O–H groups in total. The van der Waals surface area contributed by atoms with Crippen LogP contribution in [0.3, 0.4) is 0 Å². The molecule has 0 fully saturated rings. The van der Waals surface area contributed by atoms with Crippen molar-refractivity contribution in [1.82, 2.24) is 4.98 Å². The maximum absolute atomic E-state index is 12.7. The Kier molecular flexibility index (Phi) is 5.24. The van der Waals surface area contributed by atoms with E-state index in [1.165, 1.54) is 18.1 Å². The molecule has 1 aliphatic rings. The second-order valence-electron chi connectivity index (χ2n) is 7.09. The SMILES string of the molecule is CC(=O)Nc1cccc(NC(=O)c2cncc(N3CCc4ccccc4C3)c2)c1. The molecule has 0 spiro atoms. The van der Waals surface area contributed by atoms with Gasteiger partial charge in [-0.25, -0.2) is 0 Å². The number of anilines is 3. The lowest BCUT2D eigenvalue weighted by atomic mass is 9.99. The van der Waals surface area contributed by atoms with Crippen LogP contribution in [0, 0.1) is 0 Å². The highest BCUT2D eigenvalue weighted by Gasteiger charge is 2.17. The molecule has 6 heteroatoms. The summed E-state index contributed by atoms with van der Waals surface area (Å²) >= 11 is 0. The zero-order valence-electron chi connectivity index (χ0n) is 16.2. The first kappa shape index (κ1) is 18.7. The van der Waals surface area contributed by atoms with Gasteiger partial charge in [0.1, 0.15) is 0 Å². The first-order valence-corrected chi connectivity index (χ1v) is 9.54. The topological polar surface area (TPSA) is 74.3 Å². The summed E-state index contributed by atoms with van der Waals surface area (Å²) in [5, 5.41) is 5.58. The average molecular weight is 386 g/mol. The van der Waals surface area contributed by atoms with E-state index in [1.54, 1.807) is 36.7 Å². The summed E-state index contributed by atoms with van der Waals surface area (Å²) in [7, 11) is 0. The Labute approximate surface area is 169 Å². The van der Waals surface area contributed by atoms with E-state index in [-0.39, 0.29) is 11.8 Å². The fourth-order valence-electron chi connectivity index (χ4n) is 3.52. The van der Waals surface area contributed by atoms with E-state index < -0.39 is 0 Å². The van der Waals surface area contributed by atoms with Crippen molar-refractivity contribution in [3.8, 4) is 0 Å². The van der Waals surface area contributed by atoms with Gasteiger partial charge in [0.2, 0.25) is 5.91 Å². The standard InChI is InChI=1S/C23H22N4O2/c1-16(28)25-20-7-4-8-21(12-20)26-23(29)19-11-22(14-24-13-19)27-10-9-17-5-2-3-6-18(17)15-27/h2-8,11-14H,9-10,15H2,1H3,(H,25,28)(H,26,29). The third-order valence-corrected chi connectivity index (χ3v) is 4.92. The number of hydrogen-bond donors (Lipinski definition) is 2. The second-order valence-corrected chi connectivity index (χ2v) is 7.09. The van der Waals surface area contributed by atoms with Crippen molar-refractivity contribution >= 4 is 28.9 Å². The molecule has 0 unspecified atom stereocenters. The van der Waals surface area contributed by atoms with Crippen LogP contribution in [0.5, 0.6) is 0 Å². The Morgan fingerprint density at radius 2 is 1.69 bits per heavy atom. The van der Waals surface area contributed by atoms with E-state index in [0.29, 0.717) is 16.9 Å². The van der Waals surface area contributed by atoms with Crippen molar-refractivity contribution in [3.63, 3.8) is 0 Å². The Balaban J connectivity index is 1.49. The lowest BCUT2D eigenvalue weighted by Crippen LogP contribution is -2.30. The minimum atomic E-state index is -0.239. The van der Waals surface area contributed by atoms with Gasteiger partial charge in [0.15, 0.2) is 0 Å². The number of carbonyl (C=O) groups is 2. The van der Waals surface area contributed by atoms with Crippen molar-refractivity contribution in [2.45, 2.75) is 19.9 Å². The summed E-state index contributed by atoms with van der Waals surface area (Å²) < 4.78 is 0. The predicted molar refractivity (Wildman–Crippen MR) is 114 cm³/mol. The third-order valence-electron chi connectivity index (χ3n) is 4.92. The quantitative estimate of drug-likeness (QED) is 0.714. The molecule has 2 aromatic carbocycles. The summed E-state index contributed by atoms with van der Waals surface area (Å²) in [6, 6.07) is 17.4. The van der Waals surface area contributed by atoms with Crippen LogP contribution < -0.4 is 15.5 Å². The number of nitrogens with one attached hydrogen (secondary N) is 2. The lowest BCUT2D eigenvalue weighted by molar-refractivity contribution is -0.114. The van der Waals surface area contributed by atoms with Gasteiger partial charge in [0.25, 0.3) is 5.91 Å². The van der Waals surface area contributed by atoms with Gasteiger partial charge < -0.3 is 15.5 Å². The fourth-order valence-corrected chi connectivity index (χ4v) is 3.52. The largest absolute Gasteiger partial charge is 0.366 e. The van der Waals surface area contributed by atoms with Gasteiger partial charge in [-0.2, -0.15) is 0 Å². The zero-order chi connectivity index (χ0) is 20.2. The minimum absolute atomic E-state index is 0.159. The number of rotatable bonds is 4. The number of nitrogens with zero attached hydrogens (tertiary/aromatic N) is 2. The van der Waals surface area contributed by atoms with Crippen LogP contribution in [0.4, 0.5) is 17.1 Å². The maximum Gasteiger partial charge on any atom is 0.257 e. The molecule has 0 saturated heterocycles. The first-order chi connectivity index (χ1) is 14.1. The van der Waals surface area contributed by atoms with E-state index in [9.17, 15) is 9.59 Å². The highest BCUT2D eigenvalue weighted by Crippen LogP contribution is 2.25. The molecule has 1 aromatic heterocycles. The molecule has 0 radical (unpaired) electrons. The van der Waals surface area contributed by atoms with Gasteiger partial charge >= 0.3 is 0 Å². The minimum Gasteiger partial charge on any atom is -0.366 e. The van der Waals surface area contributed by atoms with Crippen molar-refractivity contribution in [2.75, 3.05) is 22.1 Å². The molecule has 4 rings (SSSR count). The molecule has 0 bridgehead atoms. The van der Waals surface area contributed by atoms with E-state index in [2.05, 4.69) is 44.8 Å². The Hall–Kier alpha value is -3.67. The molecule has 2 amide bonds. The number of carbonyl (C=O) groups excluding carboxylic acids is 2. The molecule has 29 heavy (non-hydrogen) atoms. The Morgan fingerprint density at radius 1 is 0.931 bits per heavy atom. The number of fused-ring (bicyclic) bond motifs is 1. The third kappa shape index (κ3) is 4.43. The summed E-state index contributed by atoms with van der Waals surface area (Å²) in [5.41, 5.74) is 5.35. The molecular weight excluding hydrogens is 364 g/mol. The number of pyridine rings is 1. The van der Waals surface area contributed by atoms with Crippen LogP contribution in [0.25, 0.3) is 0 Å². The summed E-state index contributed by atoms with van der Waals surface area (Å²) in [6.45, 7) is 3.14. The van der Waals surface area contributed by atoms with Gasteiger partial charge in [0, 0.05) is 37.6 Å². The van der Waals surface area contributed by atoms with Crippen LogP contribution in [0.1, 0.15) is 28.4 Å². The number of hydrogen-bond acceptors (Lipinski definition) is 4. The highest BCUT2D eigenvalue weighted by atomic mass is 16.2. The van der Waals surface area contributed by atoms with Crippen LogP contribution >= 0.6 is 0 Å². The van der Waals surface area contributed by atoms with Crippen molar-refractivity contribution in [2.24, 2.45) is 0 Å².